The summed E-state index contributed by atoms with van der Waals surface area (Å²) in [7, 11) is 0. The first-order chi connectivity index (χ1) is 6.25. The van der Waals surface area contributed by atoms with Crippen LogP contribution < -0.4 is 0 Å². The summed E-state index contributed by atoms with van der Waals surface area (Å²) < 4.78 is 0. The van der Waals surface area contributed by atoms with Crippen molar-refractivity contribution in [2.45, 2.75) is 32.1 Å². The number of carboxylic acids is 1. The van der Waals surface area contributed by atoms with E-state index >= 15 is 0 Å². The van der Waals surface area contributed by atoms with E-state index in [9.17, 15) is 4.79 Å². The van der Waals surface area contributed by atoms with E-state index < -0.39 is 5.97 Å². The van der Waals surface area contributed by atoms with E-state index in [1.807, 2.05) is 0 Å². The first kappa shape index (κ1) is 8.62. The quantitative estimate of drug-likeness (QED) is 0.575. The molecule has 0 heterocycles. The Labute approximate surface area is 78.3 Å². The van der Waals surface area contributed by atoms with Gasteiger partial charge in [0.2, 0.25) is 0 Å². The minimum Gasteiger partial charge on any atom is -0.472 e. The SMILES string of the molecule is O=C(O)C#CC1CC2CCC1CC2. The highest BCUT2D eigenvalue weighted by Gasteiger charge is 2.34. The molecule has 0 aliphatic heterocycles. The van der Waals surface area contributed by atoms with Crippen molar-refractivity contribution in [3.05, 3.63) is 0 Å². The first-order valence-electron chi connectivity index (χ1n) is 5.00. The molecule has 0 amide bonds. The van der Waals surface area contributed by atoms with Gasteiger partial charge in [-0.3, -0.25) is 0 Å². The second kappa shape index (κ2) is 3.41. The second-order valence-corrected chi connectivity index (χ2v) is 4.20. The summed E-state index contributed by atoms with van der Waals surface area (Å²) in [6.07, 6.45) is 6.37. The fraction of sp³-hybridized carbons (Fsp3) is 0.727. The summed E-state index contributed by atoms with van der Waals surface area (Å²) in [5.41, 5.74) is 0. The molecule has 3 rings (SSSR count). The highest BCUT2D eigenvalue weighted by molar-refractivity contribution is 5.86. The van der Waals surface area contributed by atoms with Gasteiger partial charge in [-0.1, -0.05) is 18.8 Å². The average molecular weight is 178 g/mol. The molecule has 0 spiro atoms. The Hall–Kier alpha value is -0.970. The fourth-order valence-electron chi connectivity index (χ4n) is 2.71. The van der Waals surface area contributed by atoms with E-state index in [0.717, 1.165) is 12.3 Å². The van der Waals surface area contributed by atoms with Gasteiger partial charge in [0.25, 0.3) is 0 Å². The molecule has 0 aromatic rings. The van der Waals surface area contributed by atoms with Crippen LogP contribution in [0.15, 0.2) is 0 Å². The van der Waals surface area contributed by atoms with Crippen molar-refractivity contribution in [3.63, 3.8) is 0 Å². The topological polar surface area (TPSA) is 37.3 Å². The number of hydrogen-bond acceptors (Lipinski definition) is 1. The summed E-state index contributed by atoms with van der Waals surface area (Å²) >= 11 is 0. The summed E-state index contributed by atoms with van der Waals surface area (Å²) in [4.78, 5) is 10.3. The van der Waals surface area contributed by atoms with Crippen LogP contribution in [-0.2, 0) is 4.79 Å². The van der Waals surface area contributed by atoms with Crippen molar-refractivity contribution in [3.8, 4) is 11.8 Å². The lowest BCUT2D eigenvalue weighted by Gasteiger charge is -2.39. The largest absolute Gasteiger partial charge is 0.472 e. The van der Waals surface area contributed by atoms with Crippen molar-refractivity contribution in [1.29, 1.82) is 0 Å². The maximum absolute atomic E-state index is 10.3. The number of aliphatic carboxylic acids is 1. The first-order valence-corrected chi connectivity index (χ1v) is 5.00. The van der Waals surface area contributed by atoms with Gasteiger partial charge in [-0.2, -0.15) is 0 Å². The number of carbonyl (C=O) groups is 1. The molecule has 13 heavy (non-hydrogen) atoms. The van der Waals surface area contributed by atoms with Crippen molar-refractivity contribution in [1.82, 2.24) is 0 Å². The fourth-order valence-corrected chi connectivity index (χ4v) is 2.71. The van der Waals surface area contributed by atoms with Crippen LogP contribution in [0.3, 0.4) is 0 Å². The molecule has 1 N–H and O–H groups in total. The number of fused-ring (bicyclic) bond motifs is 3. The van der Waals surface area contributed by atoms with Crippen LogP contribution in [0.1, 0.15) is 32.1 Å². The smallest absolute Gasteiger partial charge is 0.381 e. The lowest BCUT2D eigenvalue weighted by molar-refractivity contribution is -0.130. The minimum atomic E-state index is -0.985. The van der Waals surface area contributed by atoms with Crippen LogP contribution in [0.25, 0.3) is 0 Å². The second-order valence-electron chi connectivity index (χ2n) is 4.20. The number of rotatable bonds is 0. The van der Waals surface area contributed by atoms with E-state index in [2.05, 4.69) is 11.8 Å². The normalized spacial score (nSPS) is 36.5. The van der Waals surface area contributed by atoms with Crippen molar-refractivity contribution in [2.24, 2.45) is 17.8 Å². The molecule has 0 radical (unpaired) electrons. The Morgan fingerprint density at radius 3 is 2.38 bits per heavy atom. The molecule has 0 aromatic carbocycles. The van der Waals surface area contributed by atoms with Crippen LogP contribution in [0, 0.1) is 29.6 Å². The van der Waals surface area contributed by atoms with E-state index in [1.165, 1.54) is 25.7 Å². The predicted molar refractivity (Wildman–Crippen MR) is 49.0 cm³/mol. The van der Waals surface area contributed by atoms with Crippen LogP contribution in [-0.4, -0.2) is 11.1 Å². The van der Waals surface area contributed by atoms with Crippen LogP contribution in [0.2, 0.25) is 0 Å². The third kappa shape index (κ3) is 1.85. The highest BCUT2D eigenvalue weighted by atomic mass is 16.4. The molecule has 70 valence electrons. The highest BCUT2D eigenvalue weighted by Crippen LogP contribution is 2.44. The Morgan fingerprint density at radius 2 is 1.92 bits per heavy atom. The average Bonchev–Trinajstić information content (AvgIpc) is 2.17. The number of hydrogen-bond donors (Lipinski definition) is 1. The third-order valence-corrected chi connectivity index (χ3v) is 3.41. The maximum atomic E-state index is 10.3. The molecule has 0 aromatic heterocycles. The Kier molecular flexibility index (Phi) is 2.26. The monoisotopic (exact) mass is 178 g/mol. The van der Waals surface area contributed by atoms with Crippen molar-refractivity contribution in [2.75, 3.05) is 0 Å². The van der Waals surface area contributed by atoms with Gasteiger partial charge in [0.1, 0.15) is 0 Å². The molecule has 3 aliphatic carbocycles. The van der Waals surface area contributed by atoms with Gasteiger partial charge in [-0.05, 0) is 31.1 Å². The summed E-state index contributed by atoms with van der Waals surface area (Å²) in [6.45, 7) is 0. The molecular formula is C11H14O2. The number of carboxylic acid groups (broad SMARTS) is 1. The summed E-state index contributed by atoms with van der Waals surface area (Å²) in [6, 6.07) is 0. The maximum Gasteiger partial charge on any atom is 0.381 e. The van der Waals surface area contributed by atoms with Gasteiger partial charge in [-0.25, -0.2) is 4.79 Å². The van der Waals surface area contributed by atoms with Crippen LogP contribution >= 0.6 is 0 Å². The predicted octanol–water partition coefficient (Wildman–Crippen LogP) is 1.90. The molecule has 3 aliphatic rings. The molecule has 3 saturated carbocycles. The minimum absolute atomic E-state index is 0.378. The van der Waals surface area contributed by atoms with Gasteiger partial charge in [0.05, 0.1) is 0 Å². The molecule has 2 heteroatoms. The zero-order valence-corrected chi connectivity index (χ0v) is 7.62. The van der Waals surface area contributed by atoms with E-state index in [1.54, 1.807) is 0 Å². The zero-order chi connectivity index (χ0) is 9.26. The van der Waals surface area contributed by atoms with Crippen LogP contribution in [0.5, 0.6) is 0 Å². The lowest BCUT2D eigenvalue weighted by Crippen LogP contribution is -2.30. The lowest BCUT2D eigenvalue weighted by atomic mass is 9.65. The van der Waals surface area contributed by atoms with Gasteiger partial charge in [-0.15, -0.1) is 0 Å². The summed E-state index contributed by atoms with van der Waals surface area (Å²) in [5.74, 6) is 6.09. The molecule has 2 nitrogen and oxygen atoms in total. The molecule has 1 unspecified atom stereocenters. The molecule has 0 saturated heterocycles. The van der Waals surface area contributed by atoms with Gasteiger partial charge in [0.15, 0.2) is 0 Å². The van der Waals surface area contributed by atoms with Gasteiger partial charge >= 0.3 is 5.97 Å². The van der Waals surface area contributed by atoms with Crippen molar-refractivity contribution >= 4 is 5.97 Å². The van der Waals surface area contributed by atoms with Crippen molar-refractivity contribution < 1.29 is 9.90 Å². The van der Waals surface area contributed by atoms with Crippen LogP contribution in [0.4, 0.5) is 0 Å². The Bertz CT molecular complexity index is 264. The molecule has 3 fully saturated rings. The zero-order valence-electron chi connectivity index (χ0n) is 7.62. The third-order valence-electron chi connectivity index (χ3n) is 3.41. The Balaban J connectivity index is 2.02. The molecular weight excluding hydrogens is 164 g/mol. The van der Waals surface area contributed by atoms with Gasteiger partial charge in [0, 0.05) is 11.8 Å². The Morgan fingerprint density at radius 1 is 1.23 bits per heavy atom. The molecule has 1 atom stereocenters. The van der Waals surface area contributed by atoms with E-state index in [4.69, 9.17) is 5.11 Å². The van der Waals surface area contributed by atoms with E-state index in [-0.39, 0.29) is 0 Å². The molecule has 2 bridgehead atoms. The summed E-state index contributed by atoms with van der Waals surface area (Å²) in [5, 5.41) is 8.44. The van der Waals surface area contributed by atoms with Gasteiger partial charge < -0.3 is 5.11 Å². The standard InChI is InChI=1S/C11H14O2/c12-11(13)6-5-10-7-8-1-3-9(10)4-2-8/h8-10H,1-4,7H2,(H,12,13). The van der Waals surface area contributed by atoms with E-state index in [0.29, 0.717) is 11.8 Å².